The summed E-state index contributed by atoms with van der Waals surface area (Å²) in [5, 5.41) is 0. The van der Waals surface area contributed by atoms with Gasteiger partial charge in [0, 0.05) is 0 Å². The minimum atomic E-state index is -0.553. The zero-order chi connectivity index (χ0) is 31.8. The first kappa shape index (κ1) is 30.6. The second kappa shape index (κ2) is 10.6. The van der Waals surface area contributed by atoms with E-state index in [0.29, 0.717) is 0 Å². The fraction of sp³-hybridized carbons (Fsp3) is 0.368. The Morgan fingerprint density at radius 1 is 0.545 bits per heavy atom. The van der Waals surface area contributed by atoms with Gasteiger partial charge in [-0.15, -0.1) is 0 Å². The molecular formula is C38H45N5Pt-2. The molecule has 0 fully saturated rings. The van der Waals surface area contributed by atoms with E-state index >= 15 is 0 Å². The molecule has 0 aliphatic carbocycles. The first-order valence-electron chi connectivity index (χ1n) is 15.3. The minimum absolute atomic E-state index is 0.0161. The van der Waals surface area contributed by atoms with Crippen molar-refractivity contribution >= 4 is 36.7 Å². The second-order valence-corrected chi connectivity index (χ2v) is 17.6. The number of nitrogens with zero attached hydrogens (tertiary/aromatic N) is 5. The van der Waals surface area contributed by atoms with Gasteiger partial charge in [0.25, 0.3) is 0 Å². The van der Waals surface area contributed by atoms with Crippen molar-refractivity contribution in [1.29, 1.82) is 0 Å². The predicted molar refractivity (Wildman–Crippen MR) is 184 cm³/mol. The van der Waals surface area contributed by atoms with Crippen LogP contribution < -0.4 is 14.7 Å². The van der Waals surface area contributed by atoms with Gasteiger partial charge in [0.1, 0.15) is 0 Å². The van der Waals surface area contributed by atoms with Crippen LogP contribution in [0, 0.1) is 12.1 Å². The van der Waals surface area contributed by atoms with Crippen LogP contribution in [-0.4, -0.2) is 32.2 Å². The molecular weight excluding hydrogens is 722 g/mol. The molecule has 3 aromatic carbocycles. The van der Waals surface area contributed by atoms with E-state index in [0.717, 1.165) is 22.7 Å². The van der Waals surface area contributed by atoms with Gasteiger partial charge in [-0.3, -0.25) is 0 Å². The van der Waals surface area contributed by atoms with Crippen LogP contribution in [0.15, 0.2) is 73.3 Å². The molecule has 0 spiro atoms. The summed E-state index contributed by atoms with van der Waals surface area (Å²) >= 11 is -0.553. The van der Waals surface area contributed by atoms with Gasteiger partial charge in [0.05, 0.1) is 0 Å². The van der Waals surface area contributed by atoms with Crippen molar-refractivity contribution in [3.8, 4) is 0 Å². The number of rotatable bonds is 1. The molecule has 0 unspecified atom stereocenters. The summed E-state index contributed by atoms with van der Waals surface area (Å²) in [5.74, 6) is 0. The SMILES string of the molecule is CN1C=CN2[C]1=[Pt]=[C]1N(C)C=CN1c1[c-]c(ccc1)N(c1c(C(C)(C)C)cc(C(C)(C)C)cc1C(C)(C)C)c1[c-]c2ccc1. The second-order valence-electron chi connectivity index (χ2n) is 15.0. The monoisotopic (exact) mass is 766 g/mol. The van der Waals surface area contributed by atoms with Crippen molar-refractivity contribution in [2.24, 2.45) is 0 Å². The van der Waals surface area contributed by atoms with Crippen LogP contribution in [0.1, 0.15) is 79.0 Å². The predicted octanol–water partition coefficient (Wildman–Crippen LogP) is 8.37. The molecule has 6 heteroatoms. The molecule has 0 saturated carbocycles. The number of anilines is 5. The van der Waals surface area contributed by atoms with Crippen molar-refractivity contribution in [1.82, 2.24) is 9.80 Å². The fourth-order valence-corrected chi connectivity index (χ4v) is 8.78. The molecule has 3 aromatic rings. The van der Waals surface area contributed by atoms with Gasteiger partial charge in [-0.05, 0) is 0 Å². The molecule has 0 amide bonds. The third-order valence-electron chi connectivity index (χ3n) is 8.27. The van der Waals surface area contributed by atoms with Gasteiger partial charge in [0.2, 0.25) is 0 Å². The summed E-state index contributed by atoms with van der Waals surface area (Å²) in [7, 11) is 4.30. The third kappa shape index (κ3) is 5.38. The van der Waals surface area contributed by atoms with E-state index in [4.69, 9.17) is 0 Å². The number of hydrogen-bond donors (Lipinski definition) is 0. The number of benzene rings is 3. The maximum absolute atomic E-state index is 3.88. The summed E-state index contributed by atoms with van der Waals surface area (Å²) in [5.41, 5.74) is 9.14. The summed E-state index contributed by atoms with van der Waals surface area (Å²) in [6, 6.07) is 25.8. The summed E-state index contributed by atoms with van der Waals surface area (Å²) in [4.78, 5) is 11.6. The molecule has 0 radical (unpaired) electrons. The number of hydrogen-bond acceptors (Lipinski definition) is 5. The average molecular weight is 767 g/mol. The van der Waals surface area contributed by atoms with Crippen LogP contribution in [0.25, 0.3) is 0 Å². The van der Waals surface area contributed by atoms with Crippen LogP contribution >= 0.6 is 0 Å². The van der Waals surface area contributed by atoms with Crippen molar-refractivity contribution in [3.63, 3.8) is 0 Å². The van der Waals surface area contributed by atoms with Crippen molar-refractivity contribution in [2.45, 2.75) is 78.6 Å². The Morgan fingerprint density at radius 2 is 0.955 bits per heavy atom. The maximum atomic E-state index is 3.88. The van der Waals surface area contributed by atoms with Gasteiger partial charge in [-0.25, -0.2) is 0 Å². The molecule has 6 rings (SSSR count). The van der Waals surface area contributed by atoms with E-state index in [9.17, 15) is 0 Å². The number of fused-ring (bicyclic) bond motifs is 8. The van der Waals surface area contributed by atoms with Crippen LogP contribution in [0.4, 0.5) is 28.4 Å². The van der Waals surface area contributed by atoms with Crippen LogP contribution in [0.3, 0.4) is 0 Å². The zero-order valence-electron chi connectivity index (χ0n) is 28.0. The molecule has 5 nitrogen and oxygen atoms in total. The Balaban J connectivity index is 1.74. The molecule has 3 aliphatic rings. The normalized spacial score (nSPS) is 17.0. The molecule has 44 heavy (non-hydrogen) atoms. The summed E-state index contributed by atoms with van der Waals surface area (Å²) in [6.45, 7) is 21.0. The van der Waals surface area contributed by atoms with E-state index in [1.807, 2.05) is 0 Å². The quantitative estimate of drug-likeness (QED) is 0.231. The molecule has 3 heterocycles. The van der Waals surface area contributed by atoms with E-state index in [2.05, 4.69) is 186 Å². The molecule has 0 saturated heterocycles. The Morgan fingerprint density at radius 3 is 1.34 bits per heavy atom. The van der Waals surface area contributed by atoms with E-state index in [1.165, 1.54) is 30.7 Å². The standard InChI is InChI=1S/C38H45N5.Pt/c1-36(2,3)28-22-33(37(4,5)6)35(34(23-28)38(7,8)9)43(31-16-12-14-29(24-31)41-20-18-39(10)26-41)32-17-13-15-30(25-32)42-21-19-40(11)27-42;/h12-23H,1-11H3;/q-2;. The first-order valence-corrected chi connectivity index (χ1v) is 17.6. The Labute approximate surface area is 272 Å². The molecule has 0 N–H and O–H groups in total. The van der Waals surface area contributed by atoms with E-state index < -0.39 is 17.6 Å². The van der Waals surface area contributed by atoms with Gasteiger partial charge >= 0.3 is 274 Å². The van der Waals surface area contributed by atoms with Gasteiger partial charge in [-0.2, -0.15) is 0 Å². The third-order valence-corrected chi connectivity index (χ3v) is 12.0. The first-order chi connectivity index (χ1) is 20.5. The molecule has 4 bridgehead atoms. The van der Waals surface area contributed by atoms with Gasteiger partial charge in [-0.1, -0.05) is 0 Å². The van der Waals surface area contributed by atoms with Crippen LogP contribution in [0.5, 0.6) is 0 Å². The molecule has 0 atom stereocenters. The average Bonchev–Trinajstić information content (AvgIpc) is 3.49. The molecule has 0 aromatic heterocycles. The van der Waals surface area contributed by atoms with Gasteiger partial charge in [0.15, 0.2) is 0 Å². The summed E-state index contributed by atoms with van der Waals surface area (Å²) < 4.78 is 2.58. The Hall–Kier alpha value is -3.43. The van der Waals surface area contributed by atoms with Crippen molar-refractivity contribution in [3.05, 3.63) is 102 Å². The topological polar surface area (TPSA) is 16.2 Å². The summed E-state index contributed by atoms with van der Waals surface area (Å²) in [6.07, 6.45) is 8.68. The van der Waals surface area contributed by atoms with Crippen LogP contribution in [0.2, 0.25) is 0 Å². The Kier molecular flexibility index (Phi) is 7.36. The zero-order valence-corrected chi connectivity index (χ0v) is 30.3. The van der Waals surface area contributed by atoms with Crippen molar-refractivity contribution in [2.75, 3.05) is 28.8 Å². The van der Waals surface area contributed by atoms with Crippen LogP contribution in [-0.2, 0) is 33.9 Å². The molecule has 234 valence electrons. The Bertz CT molecular complexity index is 1640. The van der Waals surface area contributed by atoms with Gasteiger partial charge < -0.3 is 0 Å². The fourth-order valence-electron chi connectivity index (χ4n) is 5.75. The van der Waals surface area contributed by atoms with E-state index in [-0.39, 0.29) is 16.2 Å². The van der Waals surface area contributed by atoms with Crippen molar-refractivity contribution < 1.29 is 17.6 Å². The van der Waals surface area contributed by atoms with E-state index in [1.54, 1.807) is 0 Å². The molecule has 3 aliphatic heterocycles.